The molecular weight excluding hydrogens is 445 g/mol. The Morgan fingerprint density at radius 1 is 1.28 bits per heavy atom. The minimum atomic E-state index is -0.949. The number of carbonyl (C=O) groups is 1. The molecule has 1 aliphatic rings. The van der Waals surface area contributed by atoms with Crippen LogP contribution in [0, 0.1) is 5.82 Å². The molecule has 0 saturated carbocycles. The van der Waals surface area contributed by atoms with Crippen LogP contribution in [0.15, 0.2) is 67.6 Å². The molecule has 1 aliphatic heterocycles. The van der Waals surface area contributed by atoms with Crippen molar-refractivity contribution in [2.45, 2.75) is 12.8 Å². The summed E-state index contributed by atoms with van der Waals surface area (Å²) in [6, 6.07) is 11.0. The number of ether oxygens (including phenoxy) is 2. The third kappa shape index (κ3) is 3.19. The number of benzene rings is 2. The standard InChI is InChI=1S/C21H15BrFNO5/c1-2-27-20(25)17-15(10-7-8-13(23)12(22)9-10)16-18(29-19(17)24)11-5-3-4-6-14(11)28-21(16)26/h3-9,15H,2,24H2,1H3/t15-/m1/s1. The smallest absolute Gasteiger partial charge is 0.344 e. The van der Waals surface area contributed by atoms with Gasteiger partial charge in [-0.25, -0.2) is 14.0 Å². The van der Waals surface area contributed by atoms with Crippen molar-refractivity contribution in [1.29, 1.82) is 0 Å². The second kappa shape index (κ2) is 7.36. The van der Waals surface area contributed by atoms with E-state index < -0.39 is 23.3 Å². The van der Waals surface area contributed by atoms with Crippen molar-refractivity contribution in [3.63, 3.8) is 0 Å². The monoisotopic (exact) mass is 459 g/mol. The van der Waals surface area contributed by atoms with E-state index in [-0.39, 0.29) is 33.8 Å². The summed E-state index contributed by atoms with van der Waals surface area (Å²) in [5.74, 6) is -2.14. The molecule has 0 spiro atoms. The summed E-state index contributed by atoms with van der Waals surface area (Å²) in [7, 11) is 0. The number of hydrogen-bond acceptors (Lipinski definition) is 6. The molecule has 29 heavy (non-hydrogen) atoms. The summed E-state index contributed by atoms with van der Waals surface area (Å²) in [6.07, 6.45) is 0. The third-order valence-corrected chi connectivity index (χ3v) is 5.23. The Labute approximate surface area is 172 Å². The molecule has 0 unspecified atom stereocenters. The van der Waals surface area contributed by atoms with Crippen molar-refractivity contribution in [3.8, 4) is 5.75 Å². The normalized spacial score (nSPS) is 15.8. The molecule has 8 heteroatoms. The molecule has 1 aromatic heterocycles. The van der Waals surface area contributed by atoms with E-state index in [1.807, 2.05) is 0 Å². The topological polar surface area (TPSA) is 91.8 Å². The van der Waals surface area contributed by atoms with E-state index in [1.54, 1.807) is 31.2 Å². The van der Waals surface area contributed by atoms with Gasteiger partial charge in [0.05, 0.1) is 27.9 Å². The van der Waals surface area contributed by atoms with E-state index in [0.717, 1.165) is 0 Å². The SMILES string of the molecule is CCOC(=O)C1=C(N)Oc2c(c(=O)oc3ccccc23)[C@H]1c1ccc(F)c(Br)c1. The number of esters is 1. The lowest BCUT2D eigenvalue weighted by Gasteiger charge is -2.28. The molecule has 148 valence electrons. The van der Waals surface area contributed by atoms with Crippen LogP contribution < -0.4 is 16.1 Å². The summed E-state index contributed by atoms with van der Waals surface area (Å²) >= 11 is 3.14. The maximum Gasteiger partial charge on any atom is 0.344 e. The van der Waals surface area contributed by atoms with Crippen LogP contribution in [0.25, 0.3) is 11.0 Å². The van der Waals surface area contributed by atoms with E-state index >= 15 is 0 Å². The van der Waals surface area contributed by atoms with Crippen molar-refractivity contribution in [3.05, 3.63) is 85.8 Å². The molecular formula is C21H15BrFNO5. The number of rotatable bonds is 3. The van der Waals surface area contributed by atoms with E-state index in [1.165, 1.54) is 18.2 Å². The molecule has 6 nitrogen and oxygen atoms in total. The molecule has 4 rings (SSSR count). The van der Waals surface area contributed by atoms with Crippen LogP contribution in [-0.4, -0.2) is 12.6 Å². The number of para-hydroxylation sites is 1. The van der Waals surface area contributed by atoms with Gasteiger partial charge in [-0.1, -0.05) is 18.2 Å². The van der Waals surface area contributed by atoms with Crippen LogP contribution in [-0.2, 0) is 9.53 Å². The Hall–Kier alpha value is -3.13. The molecule has 3 aromatic rings. The van der Waals surface area contributed by atoms with Gasteiger partial charge in [0.1, 0.15) is 17.0 Å². The highest BCUT2D eigenvalue weighted by Gasteiger charge is 2.39. The Balaban J connectivity index is 2.05. The number of halogens is 2. The molecule has 0 bridgehead atoms. The van der Waals surface area contributed by atoms with Crippen molar-refractivity contribution >= 4 is 32.9 Å². The van der Waals surface area contributed by atoms with Gasteiger partial charge in [0.15, 0.2) is 5.75 Å². The van der Waals surface area contributed by atoms with E-state index in [0.29, 0.717) is 16.5 Å². The maximum absolute atomic E-state index is 13.8. The number of hydrogen-bond donors (Lipinski definition) is 1. The Bertz CT molecular complexity index is 1230. The fourth-order valence-corrected chi connectivity index (χ4v) is 3.80. The number of nitrogens with two attached hydrogens (primary N) is 1. The van der Waals surface area contributed by atoms with E-state index in [9.17, 15) is 14.0 Å². The van der Waals surface area contributed by atoms with Gasteiger partial charge in [0.25, 0.3) is 0 Å². The second-order valence-electron chi connectivity index (χ2n) is 6.34. The van der Waals surface area contributed by atoms with Gasteiger partial charge in [0.2, 0.25) is 5.88 Å². The van der Waals surface area contributed by atoms with Crippen molar-refractivity contribution in [1.82, 2.24) is 0 Å². The van der Waals surface area contributed by atoms with Crippen LogP contribution in [0.5, 0.6) is 5.75 Å². The molecule has 2 N–H and O–H groups in total. The highest BCUT2D eigenvalue weighted by atomic mass is 79.9. The third-order valence-electron chi connectivity index (χ3n) is 4.63. The average molecular weight is 460 g/mol. The lowest BCUT2D eigenvalue weighted by atomic mass is 9.83. The predicted octanol–water partition coefficient (Wildman–Crippen LogP) is 3.95. The first-order valence-corrected chi connectivity index (χ1v) is 9.57. The molecule has 2 aromatic carbocycles. The van der Waals surface area contributed by atoms with Crippen LogP contribution >= 0.6 is 15.9 Å². The minimum Gasteiger partial charge on any atom is -0.462 e. The first-order chi connectivity index (χ1) is 13.9. The van der Waals surface area contributed by atoms with Gasteiger partial charge in [-0.3, -0.25) is 0 Å². The summed E-state index contributed by atoms with van der Waals surface area (Å²) in [4.78, 5) is 25.6. The van der Waals surface area contributed by atoms with Crippen molar-refractivity contribution in [2.24, 2.45) is 5.73 Å². The fourth-order valence-electron chi connectivity index (χ4n) is 3.40. The molecule has 0 aliphatic carbocycles. The average Bonchev–Trinajstić information content (AvgIpc) is 2.69. The van der Waals surface area contributed by atoms with Gasteiger partial charge in [-0.05, 0) is 52.7 Å². The lowest BCUT2D eigenvalue weighted by Crippen LogP contribution is -2.31. The van der Waals surface area contributed by atoms with Crippen molar-refractivity contribution in [2.75, 3.05) is 6.61 Å². The van der Waals surface area contributed by atoms with Crippen LogP contribution in [0.4, 0.5) is 4.39 Å². The first-order valence-electron chi connectivity index (χ1n) is 8.77. The number of fused-ring (bicyclic) bond motifs is 3. The van der Waals surface area contributed by atoms with Crippen LogP contribution in [0.2, 0.25) is 0 Å². The van der Waals surface area contributed by atoms with Gasteiger partial charge in [0, 0.05) is 0 Å². The molecule has 2 heterocycles. The fraction of sp³-hybridized carbons (Fsp3) is 0.143. The lowest BCUT2D eigenvalue weighted by molar-refractivity contribution is -0.139. The zero-order chi connectivity index (χ0) is 20.7. The highest BCUT2D eigenvalue weighted by Crippen LogP contribution is 2.44. The van der Waals surface area contributed by atoms with Gasteiger partial charge >= 0.3 is 11.6 Å². The molecule has 0 amide bonds. The Morgan fingerprint density at radius 2 is 2.03 bits per heavy atom. The van der Waals surface area contributed by atoms with Gasteiger partial charge in [-0.15, -0.1) is 0 Å². The van der Waals surface area contributed by atoms with Crippen LogP contribution in [0.1, 0.15) is 24.0 Å². The summed E-state index contributed by atoms with van der Waals surface area (Å²) < 4.78 is 30.3. The van der Waals surface area contributed by atoms with Crippen molar-refractivity contribution < 1.29 is 23.1 Å². The largest absolute Gasteiger partial charge is 0.462 e. The summed E-state index contributed by atoms with van der Waals surface area (Å²) in [6.45, 7) is 1.76. The Morgan fingerprint density at radius 3 is 2.76 bits per heavy atom. The maximum atomic E-state index is 13.8. The molecule has 1 atom stereocenters. The minimum absolute atomic E-state index is 0.0413. The van der Waals surface area contributed by atoms with Crippen LogP contribution in [0.3, 0.4) is 0 Å². The summed E-state index contributed by atoms with van der Waals surface area (Å²) in [5.41, 5.74) is 6.25. The van der Waals surface area contributed by atoms with E-state index in [4.69, 9.17) is 19.6 Å². The first kappa shape index (κ1) is 19.2. The second-order valence-corrected chi connectivity index (χ2v) is 7.19. The summed E-state index contributed by atoms with van der Waals surface area (Å²) in [5, 5.41) is 0.527. The Kier molecular flexibility index (Phi) is 4.87. The molecule has 0 saturated heterocycles. The highest BCUT2D eigenvalue weighted by molar-refractivity contribution is 9.10. The van der Waals surface area contributed by atoms with E-state index in [2.05, 4.69) is 15.9 Å². The molecule has 0 radical (unpaired) electrons. The quantitative estimate of drug-likeness (QED) is 0.470. The predicted molar refractivity (Wildman–Crippen MR) is 107 cm³/mol. The number of carbonyl (C=O) groups excluding carboxylic acids is 1. The molecule has 0 fully saturated rings. The van der Waals surface area contributed by atoms with Gasteiger partial charge in [-0.2, -0.15) is 0 Å². The zero-order valence-corrected chi connectivity index (χ0v) is 16.8. The van der Waals surface area contributed by atoms with Gasteiger partial charge < -0.3 is 19.6 Å². The zero-order valence-electron chi connectivity index (χ0n) is 15.2.